The average Bonchev–Trinajstić information content (AvgIpc) is 2.95. The van der Waals surface area contributed by atoms with Crippen LogP contribution in [-0.4, -0.2) is 52.1 Å². The zero-order chi connectivity index (χ0) is 19.7. The second-order valence-corrected chi connectivity index (χ2v) is 8.19. The van der Waals surface area contributed by atoms with Crippen molar-refractivity contribution in [2.45, 2.75) is 101 Å². The van der Waals surface area contributed by atoms with Gasteiger partial charge in [-0.05, 0) is 57.3 Å². The van der Waals surface area contributed by atoms with Crippen LogP contribution in [0.25, 0.3) is 0 Å². The number of unbranched alkanes of at least 4 members (excludes halogenated alkanes) is 1. The van der Waals surface area contributed by atoms with Crippen molar-refractivity contribution < 1.29 is 24.8 Å². The first kappa shape index (κ1) is 22.6. The van der Waals surface area contributed by atoms with Crippen molar-refractivity contribution in [3.05, 3.63) is 24.8 Å². The average molecular weight is 383 g/mol. The lowest BCUT2D eigenvalue weighted by Crippen LogP contribution is -2.38. The van der Waals surface area contributed by atoms with Gasteiger partial charge in [-0.3, -0.25) is 0 Å². The van der Waals surface area contributed by atoms with Gasteiger partial charge >= 0.3 is 0 Å². The molecule has 5 nitrogen and oxygen atoms in total. The zero-order valence-corrected chi connectivity index (χ0v) is 16.8. The van der Waals surface area contributed by atoms with E-state index in [9.17, 15) is 10.2 Å². The number of fused-ring (bicyclic) bond motifs is 2. The molecular formula is C22H38O5. The lowest BCUT2D eigenvalue weighted by atomic mass is 9.88. The maximum atomic E-state index is 10.3. The van der Waals surface area contributed by atoms with Gasteiger partial charge in [0.05, 0.1) is 24.4 Å². The van der Waals surface area contributed by atoms with Crippen LogP contribution >= 0.6 is 0 Å². The Bertz CT molecular complexity index is 466. The molecule has 2 heterocycles. The second kappa shape index (κ2) is 11.3. The van der Waals surface area contributed by atoms with Gasteiger partial charge in [-0.1, -0.05) is 25.2 Å². The molecule has 2 rings (SSSR count). The predicted octanol–water partition coefficient (Wildman–Crippen LogP) is 3.47. The molecule has 27 heavy (non-hydrogen) atoms. The third-order valence-corrected chi connectivity index (χ3v) is 5.80. The van der Waals surface area contributed by atoms with Crippen molar-refractivity contribution in [3.63, 3.8) is 0 Å². The van der Waals surface area contributed by atoms with E-state index in [1.807, 2.05) is 12.2 Å². The van der Waals surface area contributed by atoms with Gasteiger partial charge < -0.3 is 24.8 Å². The Hall–Kier alpha value is -0.720. The van der Waals surface area contributed by atoms with Crippen LogP contribution in [0.4, 0.5) is 0 Å². The summed E-state index contributed by atoms with van der Waals surface area (Å²) in [4.78, 5) is 0. The molecule has 0 amide bonds. The standard InChI is InChI=1S/C22H38O5/c1-3-4-6-9-18(24)16-19(25)12-14-22-13-11-17(2)21(27-22)20(26-22)10-7-5-8-15-23/h3,5,7,17-21,23-25H,1,4,6,8-16H2,2H3/b7-5-/t17-,18+,19+,20-,21+,22-/m1/s1. The summed E-state index contributed by atoms with van der Waals surface area (Å²) < 4.78 is 12.6. The lowest BCUT2D eigenvalue weighted by molar-refractivity contribution is -0.208. The molecule has 2 aliphatic heterocycles. The fourth-order valence-corrected chi connectivity index (χ4v) is 4.19. The smallest absolute Gasteiger partial charge is 0.169 e. The van der Waals surface area contributed by atoms with E-state index in [2.05, 4.69) is 19.6 Å². The highest BCUT2D eigenvalue weighted by atomic mass is 16.8. The van der Waals surface area contributed by atoms with Crippen molar-refractivity contribution in [3.8, 4) is 0 Å². The predicted molar refractivity (Wildman–Crippen MR) is 106 cm³/mol. The molecule has 0 spiro atoms. The Morgan fingerprint density at radius 1 is 1.15 bits per heavy atom. The summed E-state index contributed by atoms with van der Waals surface area (Å²) in [6.45, 7) is 6.06. The third kappa shape index (κ3) is 6.99. The highest BCUT2D eigenvalue weighted by Crippen LogP contribution is 2.46. The van der Waals surface area contributed by atoms with Crippen LogP contribution in [0, 0.1) is 5.92 Å². The molecule has 0 aromatic carbocycles. The van der Waals surface area contributed by atoms with E-state index in [-0.39, 0.29) is 18.8 Å². The zero-order valence-electron chi connectivity index (χ0n) is 16.8. The minimum atomic E-state index is -0.582. The molecule has 0 radical (unpaired) electrons. The topological polar surface area (TPSA) is 79.2 Å². The normalized spacial score (nSPS) is 32.7. The monoisotopic (exact) mass is 382 g/mol. The SMILES string of the molecule is C=CCCC[C@H](O)C[C@@H](O)CC[C@@]12CC[C@@H](C)[C@H](O1)[C@@H](C/C=C\CCO)O2. The Balaban J connectivity index is 1.80. The first-order valence-electron chi connectivity index (χ1n) is 10.6. The van der Waals surface area contributed by atoms with E-state index < -0.39 is 18.0 Å². The van der Waals surface area contributed by atoms with Gasteiger partial charge in [0, 0.05) is 19.4 Å². The van der Waals surface area contributed by atoms with E-state index in [1.165, 1.54) is 0 Å². The lowest BCUT2D eigenvalue weighted by Gasteiger charge is -2.35. The first-order chi connectivity index (χ1) is 13.0. The number of aliphatic hydroxyl groups is 3. The van der Waals surface area contributed by atoms with Gasteiger partial charge in [0.15, 0.2) is 5.79 Å². The van der Waals surface area contributed by atoms with Gasteiger partial charge in [-0.25, -0.2) is 0 Å². The summed E-state index contributed by atoms with van der Waals surface area (Å²) in [5, 5.41) is 29.3. The van der Waals surface area contributed by atoms with Gasteiger partial charge in [0.2, 0.25) is 0 Å². The van der Waals surface area contributed by atoms with Crippen molar-refractivity contribution in [2.75, 3.05) is 6.61 Å². The minimum Gasteiger partial charge on any atom is -0.396 e. The molecule has 0 aromatic heterocycles. The number of hydrogen-bond donors (Lipinski definition) is 3. The van der Waals surface area contributed by atoms with Crippen LogP contribution in [-0.2, 0) is 9.47 Å². The van der Waals surface area contributed by atoms with Gasteiger partial charge in [0.1, 0.15) is 0 Å². The van der Waals surface area contributed by atoms with E-state index in [1.54, 1.807) is 0 Å². The fourth-order valence-electron chi connectivity index (χ4n) is 4.19. The molecule has 3 N–H and O–H groups in total. The summed E-state index contributed by atoms with van der Waals surface area (Å²) in [5.74, 6) is -0.116. The number of rotatable bonds is 13. The maximum absolute atomic E-state index is 10.3. The Kier molecular flexibility index (Phi) is 9.46. The molecule has 0 aromatic rings. The van der Waals surface area contributed by atoms with Crippen LogP contribution in [0.5, 0.6) is 0 Å². The molecule has 2 aliphatic rings. The Morgan fingerprint density at radius 2 is 1.93 bits per heavy atom. The van der Waals surface area contributed by atoms with Crippen LogP contribution < -0.4 is 0 Å². The van der Waals surface area contributed by atoms with Crippen molar-refractivity contribution in [1.29, 1.82) is 0 Å². The van der Waals surface area contributed by atoms with Crippen molar-refractivity contribution in [1.82, 2.24) is 0 Å². The number of allylic oxidation sites excluding steroid dienone is 1. The van der Waals surface area contributed by atoms with E-state index in [0.717, 1.165) is 32.1 Å². The first-order valence-corrected chi connectivity index (χ1v) is 10.6. The number of ether oxygens (including phenoxy) is 2. The second-order valence-electron chi connectivity index (χ2n) is 8.19. The fraction of sp³-hybridized carbons (Fsp3) is 0.818. The number of aliphatic hydroxyl groups excluding tert-OH is 3. The minimum absolute atomic E-state index is 0.0408. The molecular weight excluding hydrogens is 344 g/mol. The molecule has 156 valence electrons. The molecule has 2 fully saturated rings. The largest absolute Gasteiger partial charge is 0.396 e. The molecule has 6 atom stereocenters. The highest BCUT2D eigenvalue weighted by molar-refractivity contribution is 4.97. The van der Waals surface area contributed by atoms with Crippen LogP contribution in [0.2, 0.25) is 0 Å². The van der Waals surface area contributed by atoms with E-state index in [0.29, 0.717) is 38.0 Å². The quantitative estimate of drug-likeness (QED) is 0.336. The van der Waals surface area contributed by atoms with Crippen LogP contribution in [0.1, 0.15) is 71.1 Å². The van der Waals surface area contributed by atoms with Crippen molar-refractivity contribution in [2.24, 2.45) is 5.92 Å². The van der Waals surface area contributed by atoms with Gasteiger partial charge in [-0.2, -0.15) is 0 Å². The Labute approximate surface area is 164 Å². The number of hydrogen-bond acceptors (Lipinski definition) is 5. The molecule has 0 aliphatic carbocycles. The summed E-state index contributed by atoms with van der Waals surface area (Å²) in [6.07, 6.45) is 12.6. The van der Waals surface area contributed by atoms with Crippen LogP contribution in [0.15, 0.2) is 24.8 Å². The summed E-state index contributed by atoms with van der Waals surface area (Å²) in [7, 11) is 0. The summed E-state index contributed by atoms with van der Waals surface area (Å²) in [5.41, 5.74) is 0. The van der Waals surface area contributed by atoms with Gasteiger partial charge in [0.25, 0.3) is 0 Å². The highest BCUT2D eigenvalue weighted by Gasteiger charge is 2.52. The Morgan fingerprint density at radius 3 is 2.67 bits per heavy atom. The van der Waals surface area contributed by atoms with E-state index in [4.69, 9.17) is 14.6 Å². The van der Waals surface area contributed by atoms with Gasteiger partial charge in [-0.15, -0.1) is 6.58 Å². The van der Waals surface area contributed by atoms with E-state index >= 15 is 0 Å². The molecule has 0 unspecified atom stereocenters. The maximum Gasteiger partial charge on any atom is 0.169 e. The molecule has 0 saturated carbocycles. The molecule has 5 heteroatoms. The van der Waals surface area contributed by atoms with Crippen molar-refractivity contribution >= 4 is 0 Å². The molecule has 2 saturated heterocycles. The molecule has 2 bridgehead atoms. The van der Waals surface area contributed by atoms with Crippen LogP contribution in [0.3, 0.4) is 0 Å². The third-order valence-electron chi connectivity index (χ3n) is 5.80. The summed E-state index contributed by atoms with van der Waals surface area (Å²) >= 11 is 0. The summed E-state index contributed by atoms with van der Waals surface area (Å²) in [6, 6.07) is 0.